The summed E-state index contributed by atoms with van der Waals surface area (Å²) >= 11 is 4.83. The van der Waals surface area contributed by atoms with Crippen molar-refractivity contribution < 1.29 is 23.4 Å². The SMILES string of the molecule is CCOC(=O)C1=C(C)N=c2s/c(=C/c3cc(OC)c(OCc4cccc(F)c4)cc3Br)c(=O)n2[C@H]1c1ccc(C)cc1. The predicted octanol–water partition coefficient (Wildman–Crippen LogP) is 5.60. The van der Waals surface area contributed by atoms with Crippen LogP contribution < -0.4 is 24.4 Å². The smallest absolute Gasteiger partial charge is 0.338 e. The molecule has 0 saturated heterocycles. The molecule has 0 unspecified atom stereocenters. The zero-order valence-corrected chi connectivity index (χ0v) is 25.8. The molecule has 1 aliphatic rings. The zero-order chi connectivity index (χ0) is 30.0. The topological polar surface area (TPSA) is 79.1 Å². The average Bonchev–Trinajstić information content (AvgIpc) is 3.26. The molecule has 0 spiro atoms. The Kier molecular flexibility index (Phi) is 8.74. The molecule has 216 valence electrons. The highest BCUT2D eigenvalue weighted by Crippen LogP contribution is 2.35. The second-order valence-corrected chi connectivity index (χ2v) is 11.5. The fourth-order valence-corrected chi connectivity index (χ4v) is 6.19. The molecule has 0 fully saturated rings. The van der Waals surface area contributed by atoms with Crippen LogP contribution in [-0.2, 0) is 16.1 Å². The minimum atomic E-state index is -0.681. The first-order valence-electron chi connectivity index (χ1n) is 13.2. The summed E-state index contributed by atoms with van der Waals surface area (Å²) in [6.45, 7) is 5.84. The van der Waals surface area contributed by atoms with Crippen LogP contribution in [-0.4, -0.2) is 24.3 Å². The van der Waals surface area contributed by atoms with Gasteiger partial charge in [-0.1, -0.05) is 69.2 Å². The monoisotopic (exact) mass is 650 g/mol. The number of hydrogen-bond donors (Lipinski definition) is 0. The number of aromatic nitrogens is 1. The Bertz CT molecular complexity index is 1880. The van der Waals surface area contributed by atoms with Gasteiger partial charge in [0.25, 0.3) is 5.56 Å². The lowest BCUT2D eigenvalue weighted by molar-refractivity contribution is -0.139. The van der Waals surface area contributed by atoms with Gasteiger partial charge in [0.1, 0.15) is 12.4 Å². The van der Waals surface area contributed by atoms with Crippen molar-refractivity contribution in [2.24, 2.45) is 4.99 Å². The third kappa shape index (κ3) is 5.96. The van der Waals surface area contributed by atoms with E-state index in [2.05, 4.69) is 20.9 Å². The maximum atomic E-state index is 13.9. The molecule has 5 rings (SSSR count). The van der Waals surface area contributed by atoms with E-state index in [1.54, 1.807) is 48.8 Å². The summed E-state index contributed by atoms with van der Waals surface area (Å²) in [4.78, 5) is 32.1. The quantitative estimate of drug-likeness (QED) is 0.232. The molecule has 3 aromatic carbocycles. The first-order valence-corrected chi connectivity index (χ1v) is 14.8. The van der Waals surface area contributed by atoms with Crippen molar-refractivity contribution >= 4 is 39.3 Å². The number of nitrogens with zero attached hydrogens (tertiary/aromatic N) is 2. The van der Waals surface area contributed by atoms with Crippen LogP contribution in [0.25, 0.3) is 6.08 Å². The second-order valence-electron chi connectivity index (χ2n) is 9.66. The number of carbonyl (C=O) groups is 1. The van der Waals surface area contributed by atoms with E-state index in [9.17, 15) is 14.0 Å². The van der Waals surface area contributed by atoms with Gasteiger partial charge in [-0.15, -0.1) is 0 Å². The van der Waals surface area contributed by atoms with Gasteiger partial charge in [0.05, 0.1) is 35.6 Å². The normalized spacial score (nSPS) is 14.8. The number of allylic oxidation sites excluding steroid dienone is 1. The van der Waals surface area contributed by atoms with E-state index in [4.69, 9.17) is 14.2 Å². The van der Waals surface area contributed by atoms with E-state index in [1.807, 2.05) is 31.2 Å². The summed E-state index contributed by atoms with van der Waals surface area (Å²) in [7, 11) is 1.53. The van der Waals surface area contributed by atoms with Crippen molar-refractivity contribution in [1.82, 2.24) is 4.57 Å². The lowest BCUT2D eigenvalue weighted by Crippen LogP contribution is -2.39. The van der Waals surface area contributed by atoms with Gasteiger partial charge in [-0.25, -0.2) is 14.2 Å². The third-order valence-corrected chi connectivity index (χ3v) is 8.43. The van der Waals surface area contributed by atoms with Gasteiger partial charge in [0.15, 0.2) is 16.3 Å². The summed E-state index contributed by atoms with van der Waals surface area (Å²) in [5.74, 6) is 0.0723. The Morgan fingerprint density at radius 1 is 1.12 bits per heavy atom. The number of halogens is 2. The van der Waals surface area contributed by atoms with Crippen molar-refractivity contribution in [3.8, 4) is 11.5 Å². The van der Waals surface area contributed by atoms with E-state index >= 15 is 0 Å². The molecular weight excluding hydrogens is 623 g/mol. The predicted molar refractivity (Wildman–Crippen MR) is 163 cm³/mol. The van der Waals surface area contributed by atoms with Crippen LogP contribution in [0.4, 0.5) is 4.39 Å². The number of fused-ring (bicyclic) bond motifs is 1. The van der Waals surface area contributed by atoms with E-state index in [0.29, 0.717) is 47.7 Å². The number of aryl methyl sites for hydroxylation is 1. The molecule has 0 saturated carbocycles. The lowest BCUT2D eigenvalue weighted by atomic mass is 9.95. The summed E-state index contributed by atoms with van der Waals surface area (Å²) in [5, 5.41) is 0. The fourth-order valence-electron chi connectivity index (χ4n) is 4.72. The summed E-state index contributed by atoms with van der Waals surface area (Å²) < 4.78 is 33.1. The number of thiazole rings is 1. The zero-order valence-electron chi connectivity index (χ0n) is 23.4. The fraction of sp³-hybridized carbons (Fsp3) is 0.219. The maximum Gasteiger partial charge on any atom is 0.338 e. The molecule has 7 nitrogen and oxygen atoms in total. The summed E-state index contributed by atoms with van der Waals surface area (Å²) in [5.41, 5.74) is 3.77. The van der Waals surface area contributed by atoms with Crippen LogP contribution in [0.5, 0.6) is 11.5 Å². The van der Waals surface area contributed by atoms with Gasteiger partial charge in [-0.3, -0.25) is 9.36 Å². The highest BCUT2D eigenvalue weighted by Gasteiger charge is 2.33. The molecule has 0 N–H and O–H groups in total. The van der Waals surface area contributed by atoms with Crippen molar-refractivity contribution in [2.45, 2.75) is 33.4 Å². The van der Waals surface area contributed by atoms with Crippen molar-refractivity contribution in [3.63, 3.8) is 0 Å². The number of methoxy groups -OCH3 is 1. The van der Waals surface area contributed by atoms with E-state index in [1.165, 1.54) is 30.6 Å². The molecule has 0 amide bonds. The molecule has 1 aromatic heterocycles. The van der Waals surface area contributed by atoms with E-state index in [0.717, 1.165) is 11.1 Å². The number of benzene rings is 3. The van der Waals surface area contributed by atoms with Gasteiger partial charge >= 0.3 is 5.97 Å². The molecule has 4 aromatic rings. The van der Waals surface area contributed by atoms with Crippen LogP contribution >= 0.6 is 27.3 Å². The molecule has 42 heavy (non-hydrogen) atoms. The van der Waals surface area contributed by atoms with Crippen LogP contribution in [0.1, 0.15) is 42.1 Å². The Balaban J connectivity index is 1.57. The summed E-state index contributed by atoms with van der Waals surface area (Å²) in [6.07, 6.45) is 1.75. The molecule has 0 bridgehead atoms. The number of ether oxygens (including phenoxy) is 3. The van der Waals surface area contributed by atoms with E-state index < -0.39 is 12.0 Å². The lowest BCUT2D eigenvalue weighted by Gasteiger charge is -2.24. The van der Waals surface area contributed by atoms with Crippen LogP contribution in [0.2, 0.25) is 0 Å². The average molecular weight is 652 g/mol. The molecule has 0 radical (unpaired) electrons. The Labute approximate surface area is 254 Å². The van der Waals surface area contributed by atoms with Crippen molar-refractivity contribution in [3.05, 3.63) is 124 Å². The van der Waals surface area contributed by atoms with E-state index in [-0.39, 0.29) is 24.6 Å². The molecule has 10 heteroatoms. The minimum absolute atomic E-state index is 0.152. The number of esters is 1. The highest BCUT2D eigenvalue weighted by atomic mass is 79.9. The first-order chi connectivity index (χ1) is 20.2. The number of carbonyl (C=O) groups excluding carboxylic acids is 1. The van der Waals surface area contributed by atoms with Crippen molar-refractivity contribution in [2.75, 3.05) is 13.7 Å². The molecule has 0 aliphatic carbocycles. The Morgan fingerprint density at radius 2 is 1.88 bits per heavy atom. The van der Waals surface area contributed by atoms with Gasteiger partial charge in [-0.05, 0) is 67.8 Å². The minimum Gasteiger partial charge on any atom is -0.493 e. The van der Waals surface area contributed by atoms with Crippen molar-refractivity contribution in [1.29, 1.82) is 0 Å². The largest absolute Gasteiger partial charge is 0.493 e. The molecule has 1 aliphatic heterocycles. The standard InChI is InChI=1S/C32H28BrFN2O5S/c1-5-40-31(38)28-19(3)35-32-36(29(28)21-11-9-18(2)10-12-21)30(37)27(42-32)15-22-14-25(39-4)26(16-24(22)33)41-17-20-7-6-8-23(34)13-20/h6-16,29H,5,17H2,1-4H3/b27-15+/t29-/m0/s1. The second kappa shape index (κ2) is 12.5. The Morgan fingerprint density at radius 3 is 2.57 bits per heavy atom. The maximum absolute atomic E-state index is 13.9. The van der Waals surface area contributed by atoms with Gasteiger partial charge < -0.3 is 14.2 Å². The van der Waals surface area contributed by atoms with Crippen LogP contribution in [0.3, 0.4) is 0 Å². The summed E-state index contributed by atoms with van der Waals surface area (Å²) in [6, 6.07) is 16.7. The molecular formula is C32H28BrFN2O5S. The highest BCUT2D eigenvalue weighted by molar-refractivity contribution is 9.10. The molecule has 2 heterocycles. The van der Waals surface area contributed by atoms with Gasteiger partial charge in [0.2, 0.25) is 0 Å². The first kappa shape index (κ1) is 29.5. The number of hydrogen-bond acceptors (Lipinski definition) is 7. The Hall–Kier alpha value is -4.02. The number of rotatable bonds is 8. The van der Waals surface area contributed by atoms with Gasteiger partial charge in [0, 0.05) is 4.47 Å². The molecule has 1 atom stereocenters. The third-order valence-electron chi connectivity index (χ3n) is 6.76. The van der Waals surface area contributed by atoms with Crippen LogP contribution in [0, 0.1) is 12.7 Å². The van der Waals surface area contributed by atoms with Crippen LogP contribution in [0.15, 0.2) is 86.2 Å². The van der Waals surface area contributed by atoms with Gasteiger partial charge in [-0.2, -0.15) is 0 Å².